The van der Waals surface area contributed by atoms with Crippen LogP contribution in [0.2, 0.25) is 0 Å². The van der Waals surface area contributed by atoms with E-state index in [1.54, 1.807) is 0 Å². The van der Waals surface area contributed by atoms with Crippen LogP contribution in [0.3, 0.4) is 0 Å². The molecule has 20 heavy (non-hydrogen) atoms. The Morgan fingerprint density at radius 1 is 1.05 bits per heavy atom. The topological polar surface area (TPSA) is 55.1 Å². The zero-order valence-corrected chi connectivity index (χ0v) is 11.7. The van der Waals surface area contributed by atoms with Gasteiger partial charge in [0.15, 0.2) is 0 Å². The Bertz CT molecular complexity index is 510. The van der Waals surface area contributed by atoms with Crippen LogP contribution in [-0.4, -0.2) is 11.4 Å². The number of para-hydroxylation sites is 1. The summed E-state index contributed by atoms with van der Waals surface area (Å²) >= 11 is 0. The van der Waals surface area contributed by atoms with Crippen LogP contribution in [0.1, 0.15) is 18.9 Å². The number of hydrogen-bond acceptors (Lipinski definition) is 2. The number of primary amides is 1. The number of nitrogens with two attached hydrogens (primary N) is 1. The van der Waals surface area contributed by atoms with Crippen molar-refractivity contribution < 1.29 is 4.79 Å². The molecule has 0 saturated carbocycles. The minimum atomic E-state index is -0.761. The third kappa shape index (κ3) is 3.18. The fourth-order valence-corrected chi connectivity index (χ4v) is 2.32. The van der Waals surface area contributed by atoms with Crippen LogP contribution in [-0.2, 0) is 11.2 Å². The molecule has 3 N–H and O–H groups in total. The molecule has 0 fully saturated rings. The number of benzene rings is 2. The van der Waals surface area contributed by atoms with Gasteiger partial charge in [-0.25, -0.2) is 0 Å². The van der Waals surface area contributed by atoms with Crippen LogP contribution >= 0.6 is 0 Å². The molecule has 3 nitrogen and oxygen atoms in total. The smallest absolute Gasteiger partial charge is 0.243 e. The standard InChI is InChI=1S/C17H20N2O/c1-2-17(16(18)20,13-14-9-5-3-6-10-14)19-15-11-7-4-8-12-15/h3-12,19H,2,13H2,1H3,(H2,18,20). The number of rotatable bonds is 6. The van der Waals surface area contributed by atoms with Gasteiger partial charge in [0.05, 0.1) is 0 Å². The van der Waals surface area contributed by atoms with Gasteiger partial charge in [0.1, 0.15) is 5.54 Å². The number of nitrogens with one attached hydrogen (secondary N) is 1. The van der Waals surface area contributed by atoms with E-state index in [4.69, 9.17) is 5.73 Å². The summed E-state index contributed by atoms with van der Waals surface area (Å²) in [5, 5.41) is 3.32. The molecule has 0 aliphatic carbocycles. The van der Waals surface area contributed by atoms with E-state index in [2.05, 4.69) is 5.32 Å². The van der Waals surface area contributed by atoms with Crippen molar-refractivity contribution in [1.82, 2.24) is 0 Å². The van der Waals surface area contributed by atoms with Crippen molar-refractivity contribution in [3.63, 3.8) is 0 Å². The van der Waals surface area contributed by atoms with Crippen LogP contribution in [0.5, 0.6) is 0 Å². The number of carbonyl (C=O) groups is 1. The second-order valence-electron chi connectivity index (χ2n) is 4.95. The third-order valence-electron chi connectivity index (χ3n) is 3.58. The van der Waals surface area contributed by atoms with Crippen molar-refractivity contribution >= 4 is 11.6 Å². The van der Waals surface area contributed by atoms with Crippen molar-refractivity contribution in [3.8, 4) is 0 Å². The molecule has 1 amide bonds. The van der Waals surface area contributed by atoms with E-state index in [9.17, 15) is 4.79 Å². The van der Waals surface area contributed by atoms with Crippen molar-refractivity contribution in [2.45, 2.75) is 25.3 Å². The predicted octanol–water partition coefficient (Wildman–Crippen LogP) is 2.98. The maximum Gasteiger partial charge on any atom is 0.243 e. The molecule has 0 aliphatic heterocycles. The fraction of sp³-hybridized carbons (Fsp3) is 0.235. The minimum absolute atomic E-state index is 0.326. The Labute approximate surface area is 119 Å². The van der Waals surface area contributed by atoms with E-state index < -0.39 is 5.54 Å². The highest BCUT2D eigenvalue weighted by Crippen LogP contribution is 2.23. The normalized spacial score (nSPS) is 13.4. The molecule has 0 radical (unpaired) electrons. The molecular formula is C17H20N2O. The van der Waals surface area contributed by atoms with Gasteiger partial charge in [-0.05, 0) is 24.1 Å². The molecule has 0 heterocycles. The first-order valence-corrected chi connectivity index (χ1v) is 6.83. The SMILES string of the molecule is CCC(Cc1ccccc1)(Nc1ccccc1)C(N)=O. The predicted molar refractivity (Wildman–Crippen MR) is 82.4 cm³/mol. The molecule has 2 aromatic rings. The lowest BCUT2D eigenvalue weighted by Gasteiger charge is -2.32. The molecule has 1 atom stereocenters. The van der Waals surface area contributed by atoms with Gasteiger partial charge in [-0.15, -0.1) is 0 Å². The van der Waals surface area contributed by atoms with Gasteiger partial charge in [-0.3, -0.25) is 4.79 Å². The zero-order chi connectivity index (χ0) is 14.4. The summed E-state index contributed by atoms with van der Waals surface area (Å²) in [6, 6.07) is 19.6. The van der Waals surface area contributed by atoms with E-state index in [-0.39, 0.29) is 5.91 Å². The number of hydrogen-bond donors (Lipinski definition) is 2. The summed E-state index contributed by atoms with van der Waals surface area (Å²) in [5.74, 6) is -0.326. The van der Waals surface area contributed by atoms with Gasteiger partial charge in [0.2, 0.25) is 5.91 Å². The Hall–Kier alpha value is -2.29. The molecule has 0 aromatic heterocycles. The first-order valence-electron chi connectivity index (χ1n) is 6.83. The Balaban J connectivity index is 2.28. The molecule has 0 bridgehead atoms. The van der Waals surface area contributed by atoms with Crippen LogP contribution in [0, 0.1) is 0 Å². The van der Waals surface area contributed by atoms with Crippen LogP contribution in [0.15, 0.2) is 60.7 Å². The molecule has 104 valence electrons. The number of carbonyl (C=O) groups excluding carboxylic acids is 1. The van der Waals surface area contributed by atoms with Gasteiger partial charge in [-0.1, -0.05) is 55.5 Å². The van der Waals surface area contributed by atoms with Gasteiger partial charge in [0.25, 0.3) is 0 Å². The molecule has 0 saturated heterocycles. The molecular weight excluding hydrogens is 248 g/mol. The summed E-state index contributed by atoms with van der Waals surface area (Å²) in [6.45, 7) is 1.98. The number of anilines is 1. The lowest BCUT2D eigenvalue weighted by atomic mass is 9.87. The molecule has 2 aromatic carbocycles. The van der Waals surface area contributed by atoms with E-state index in [1.807, 2.05) is 67.6 Å². The van der Waals surface area contributed by atoms with Crippen LogP contribution < -0.4 is 11.1 Å². The van der Waals surface area contributed by atoms with Crippen molar-refractivity contribution in [2.24, 2.45) is 5.73 Å². The first-order chi connectivity index (χ1) is 9.66. The van der Waals surface area contributed by atoms with Gasteiger partial charge < -0.3 is 11.1 Å². The Morgan fingerprint density at radius 3 is 2.10 bits per heavy atom. The van der Waals surface area contributed by atoms with Crippen LogP contribution in [0.4, 0.5) is 5.69 Å². The summed E-state index contributed by atoms with van der Waals surface area (Å²) in [4.78, 5) is 12.0. The minimum Gasteiger partial charge on any atom is -0.371 e. The molecule has 0 aliphatic rings. The lowest BCUT2D eigenvalue weighted by Crippen LogP contribution is -2.51. The van der Waals surface area contributed by atoms with E-state index in [1.165, 1.54) is 0 Å². The summed E-state index contributed by atoms with van der Waals surface area (Å²) in [5.41, 5.74) is 6.92. The van der Waals surface area contributed by atoms with E-state index in [0.717, 1.165) is 11.3 Å². The highest BCUT2D eigenvalue weighted by molar-refractivity contribution is 5.88. The van der Waals surface area contributed by atoms with E-state index in [0.29, 0.717) is 12.8 Å². The summed E-state index contributed by atoms with van der Waals surface area (Å²) in [6.07, 6.45) is 1.21. The van der Waals surface area contributed by atoms with Gasteiger partial charge in [-0.2, -0.15) is 0 Å². The number of amides is 1. The maximum atomic E-state index is 12.0. The van der Waals surface area contributed by atoms with Gasteiger partial charge in [0, 0.05) is 12.1 Å². The highest BCUT2D eigenvalue weighted by atomic mass is 16.1. The summed E-state index contributed by atoms with van der Waals surface area (Å²) in [7, 11) is 0. The molecule has 2 rings (SSSR count). The Kier molecular flexibility index (Phi) is 4.41. The van der Waals surface area contributed by atoms with Gasteiger partial charge >= 0.3 is 0 Å². The molecule has 0 spiro atoms. The first kappa shape index (κ1) is 14.1. The zero-order valence-electron chi connectivity index (χ0n) is 11.7. The maximum absolute atomic E-state index is 12.0. The fourth-order valence-electron chi connectivity index (χ4n) is 2.32. The highest BCUT2D eigenvalue weighted by Gasteiger charge is 2.34. The molecule has 1 unspecified atom stereocenters. The lowest BCUT2D eigenvalue weighted by molar-refractivity contribution is -0.122. The van der Waals surface area contributed by atoms with E-state index >= 15 is 0 Å². The second-order valence-corrected chi connectivity index (χ2v) is 4.95. The van der Waals surface area contributed by atoms with Crippen molar-refractivity contribution in [3.05, 3.63) is 66.2 Å². The monoisotopic (exact) mass is 268 g/mol. The van der Waals surface area contributed by atoms with Crippen molar-refractivity contribution in [1.29, 1.82) is 0 Å². The van der Waals surface area contributed by atoms with Crippen molar-refractivity contribution in [2.75, 3.05) is 5.32 Å². The second kappa shape index (κ2) is 6.24. The average Bonchev–Trinajstić information content (AvgIpc) is 2.48. The Morgan fingerprint density at radius 2 is 1.60 bits per heavy atom. The average molecular weight is 268 g/mol. The largest absolute Gasteiger partial charge is 0.371 e. The summed E-state index contributed by atoms with van der Waals surface area (Å²) < 4.78 is 0. The molecule has 3 heteroatoms. The van der Waals surface area contributed by atoms with Crippen LogP contribution in [0.25, 0.3) is 0 Å². The quantitative estimate of drug-likeness (QED) is 0.846. The third-order valence-corrected chi connectivity index (χ3v) is 3.58.